The van der Waals surface area contributed by atoms with E-state index in [9.17, 15) is 13.2 Å². The van der Waals surface area contributed by atoms with Crippen molar-refractivity contribution in [2.45, 2.75) is 51.2 Å². The molecule has 0 unspecified atom stereocenters. The smallest absolute Gasteiger partial charge is 0.152 e. The lowest BCUT2D eigenvalue weighted by atomic mass is 10.0. The Kier molecular flexibility index (Phi) is 7.19. The number of thiazole rings is 1. The Hall–Kier alpha value is -2.05. The third kappa shape index (κ3) is 5.73. The molecule has 0 fully saturated rings. The van der Waals surface area contributed by atoms with Gasteiger partial charge in [-0.3, -0.25) is 4.79 Å². The summed E-state index contributed by atoms with van der Waals surface area (Å²) in [5, 5.41) is 4.86. The van der Waals surface area contributed by atoms with Gasteiger partial charge in [-0.05, 0) is 37.5 Å². The Morgan fingerprint density at radius 2 is 1.79 bits per heavy atom. The molecule has 0 N–H and O–H groups in total. The molecule has 4 nitrogen and oxygen atoms in total. The van der Waals surface area contributed by atoms with Gasteiger partial charge in [0.15, 0.2) is 9.84 Å². The van der Waals surface area contributed by atoms with Crippen molar-refractivity contribution in [3.63, 3.8) is 0 Å². The maximum Gasteiger partial charge on any atom is 0.152 e. The summed E-state index contributed by atoms with van der Waals surface area (Å²) < 4.78 is 23.6. The third-order valence-electron chi connectivity index (χ3n) is 5.07. The van der Waals surface area contributed by atoms with Crippen molar-refractivity contribution in [3.8, 4) is 11.3 Å². The lowest BCUT2D eigenvalue weighted by molar-refractivity contribution is -0.118. The fourth-order valence-electron chi connectivity index (χ4n) is 3.26. The first-order chi connectivity index (χ1) is 13.9. The minimum atomic E-state index is -2.98. The van der Waals surface area contributed by atoms with Crippen molar-refractivity contribution in [3.05, 3.63) is 52.9 Å². The van der Waals surface area contributed by atoms with Gasteiger partial charge < -0.3 is 0 Å². The fraction of sp³-hybridized carbons (Fsp3) is 0.391. The number of fused-ring (bicyclic) bond motifs is 1. The van der Waals surface area contributed by atoms with E-state index in [1.807, 2.05) is 23.6 Å². The average Bonchev–Trinajstić information content (AvgIpc) is 3.15. The van der Waals surface area contributed by atoms with Crippen LogP contribution in [0.5, 0.6) is 0 Å². The number of benzene rings is 2. The molecule has 1 heterocycles. The molecule has 154 valence electrons. The summed E-state index contributed by atoms with van der Waals surface area (Å²) in [7, 11) is -2.98. The molecule has 29 heavy (non-hydrogen) atoms. The number of carbonyl (C=O) groups is 1. The molecular formula is C23H27NO3S2. The zero-order valence-corrected chi connectivity index (χ0v) is 18.6. The van der Waals surface area contributed by atoms with Crippen LogP contribution in [0.1, 0.15) is 44.5 Å². The second-order valence-electron chi connectivity index (χ2n) is 7.60. The maximum absolute atomic E-state index is 12.3. The first-order valence-electron chi connectivity index (χ1n) is 10.0. The number of hydrogen-bond donors (Lipinski definition) is 0. The number of Topliss-reactive ketones (excluding diaryl/α,β-unsaturated/α-hetero) is 1. The summed E-state index contributed by atoms with van der Waals surface area (Å²) >= 11 is 1.52. The molecule has 0 atom stereocenters. The molecule has 0 saturated carbocycles. The van der Waals surface area contributed by atoms with Crippen molar-refractivity contribution < 1.29 is 13.2 Å². The molecule has 0 saturated heterocycles. The zero-order chi connectivity index (χ0) is 20.9. The van der Waals surface area contributed by atoms with Crippen LogP contribution in [0.2, 0.25) is 0 Å². The van der Waals surface area contributed by atoms with E-state index in [2.05, 4.69) is 29.2 Å². The van der Waals surface area contributed by atoms with Gasteiger partial charge in [-0.25, -0.2) is 13.4 Å². The van der Waals surface area contributed by atoms with Gasteiger partial charge >= 0.3 is 0 Å². The minimum absolute atomic E-state index is 0.163. The van der Waals surface area contributed by atoms with Gasteiger partial charge in [-0.15, -0.1) is 11.3 Å². The molecule has 6 heteroatoms. The van der Waals surface area contributed by atoms with Crippen molar-refractivity contribution in [1.82, 2.24) is 4.98 Å². The summed E-state index contributed by atoms with van der Waals surface area (Å²) in [5.74, 6) is 0.371. The molecule has 3 rings (SSSR count). The molecule has 0 amide bonds. The van der Waals surface area contributed by atoms with Crippen molar-refractivity contribution in [1.29, 1.82) is 0 Å². The lowest BCUT2D eigenvalue weighted by Gasteiger charge is -2.06. The number of nitrogens with zero attached hydrogens (tertiary/aromatic N) is 1. The first-order valence-corrected chi connectivity index (χ1v) is 12.6. The number of unbranched alkanes of at least 4 members (excludes halogenated alkanes) is 2. The van der Waals surface area contributed by atoms with E-state index in [4.69, 9.17) is 0 Å². The largest absolute Gasteiger partial charge is 0.299 e. The Labute approximate surface area is 176 Å². The molecule has 0 aliphatic carbocycles. The highest BCUT2D eigenvalue weighted by molar-refractivity contribution is 7.91. The first kappa shape index (κ1) is 21.7. The van der Waals surface area contributed by atoms with Gasteiger partial charge in [0.1, 0.15) is 10.8 Å². The second-order valence-corrected chi connectivity index (χ2v) is 11.2. The number of hydrogen-bond acceptors (Lipinski definition) is 5. The summed E-state index contributed by atoms with van der Waals surface area (Å²) in [6, 6.07) is 14.4. The van der Waals surface area contributed by atoms with Crippen LogP contribution in [0, 0.1) is 0 Å². The van der Waals surface area contributed by atoms with E-state index < -0.39 is 9.84 Å². The lowest BCUT2D eigenvalue weighted by Crippen LogP contribution is -2.17. The standard InChI is InChI=1S/C23H27NO3S2/c1-17(2)29(26,27)14-7-3-4-11-19(25)15-23-24-22(16-28-23)21-13-8-10-18-9-5-6-12-20(18)21/h5-6,8-10,12-13,16-17H,3-4,7,11,14-15H2,1-2H3. The molecule has 0 radical (unpaired) electrons. The summed E-state index contributed by atoms with van der Waals surface area (Å²) in [6.07, 6.45) is 2.94. The van der Waals surface area contributed by atoms with Crippen LogP contribution < -0.4 is 0 Å². The quantitative estimate of drug-likeness (QED) is 0.402. The molecule has 0 aliphatic heterocycles. The normalized spacial score (nSPS) is 12.0. The van der Waals surface area contributed by atoms with Crippen LogP contribution in [0.3, 0.4) is 0 Å². The van der Waals surface area contributed by atoms with Crippen LogP contribution >= 0.6 is 11.3 Å². The van der Waals surface area contributed by atoms with Gasteiger partial charge in [0.2, 0.25) is 0 Å². The van der Waals surface area contributed by atoms with Crippen LogP contribution in [0.4, 0.5) is 0 Å². The average molecular weight is 430 g/mol. The fourth-order valence-corrected chi connectivity index (χ4v) is 5.16. The maximum atomic E-state index is 12.3. The van der Waals surface area contributed by atoms with Crippen molar-refractivity contribution in [2.75, 3.05) is 5.75 Å². The highest BCUT2D eigenvalue weighted by atomic mass is 32.2. The van der Waals surface area contributed by atoms with Gasteiger partial charge in [0.05, 0.1) is 23.1 Å². The summed E-state index contributed by atoms with van der Waals surface area (Å²) in [4.78, 5) is 17.0. The van der Waals surface area contributed by atoms with E-state index in [0.717, 1.165) is 34.5 Å². The Morgan fingerprint density at radius 3 is 2.59 bits per heavy atom. The molecule has 2 aromatic carbocycles. The minimum Gasteiger partial charge on any atom is -0.299 e. The predicted octanol–water partition coefficient (Wildman–Crippen LogP) is 5.46. The highest BCUT2D eigenvalue weighted by Crippen LogP contribution is 2.29. The third-order valence-corrected chi connectivity index (χ3v) is 8.21. The SMILES string of the molecule is CC(C)S(=O)(=O)CCCCCC(=O)Cc1nc(-c2cccc3ccccc23)cs1. The topological polar surface area (TPSA) is 64.1 Å². The van der Waals surface area contributed by atoms with E-state index in [-0.39, 0.29) is 16.8 Å². The highest BCUT2D eigenvalue weighted by Gasteiger charge is 2.15. The van der Waals surface area contributed by atoms with E-state index in [1.165, 1.54) is 16.7 Å². The second kappa shape index (κ2) is 9.63. The molecular weight excluding hydrogens is 402 g/mol. The zero-order valence-electron chi connectivity index (χ0n) is 16.9. The Morgan fingerprint density at radius 1 is 1.03 bits per heavy atom. The van der Waals surface area contributed by atoms with Crippen molar-refractivity contribution in [2.24, 2.45) is 0 Å². The van der Waals surface area contributed by atoms with Crippen LogP contribution in [0.15, 0.2) is 47.8 Å². The monoisotopic (exact) mass is 429 g/mol. The van der Waals surface area contributed by atoms with Gasteiger partial charge in [-0.2, -0.15) is 0 Å². The number of rotatable bonds is 10. The molecule has 0 aliphatic rings. The summed E-state index contributed by atoms with van der Waals surface area (Å²) in [6.45, 7) is 3.42. The van der Waals surface area contributed by atoms with Gasteiger partial charge in [0, 0.05) is 17.4 Å². The van der Waals surface area contributed by atoms with E-state index in [1.54, 1.807) is 13.8 Å². The van der Waals surface area contributed by atoms with Gasteiger partial charge in [0.25, 0.3) is 0 Å². The molecule has 0 bridgehead atoms. The number of aromatic nitrogens is 1. The molecule has 3 aromatic rings. The number of ketones is 1. The Balaban J connectivity index is 1.52. The number of sulfone groups is 1. The van der Waals surface area contributed by atoms with Crippen LogP contribution in [-0.4, -0.2) is 30.2 Å². The predicted molar refractivity (Wildman–Crippen MR) is 121 cm³/mol. The van der Waals surface area contributed by atoms with Gasteiger partial charge in [-0.1, -0.05) is 48.9 Å². The molecule has 0 spiro atoms. The van der Waals surface area contributed by atoms with Crippen LogP contribution in [0.25, 0.3) is 22.0 Å². The van der Waals surface area contributed by atoms with Crippen molar-refractivity contribution >= 4 is 37.7 Å². The number of carbonyl (C=O) groups excluding carboxylic acids is 1. The Bertz CT molecular complexity index is 1080. The van der Waals surface area contributed by atoms with Crippen LogP contribution in [-0.2, 0) is 21.1 Å². The summed E-state index contributed by atoms with van der Waals surface area (Å²) in [5.41, 5.74) is 2.00. The molecule has 1 aromatic heterocycles. The van der Waals surface area contributed by atoms with E-state index in [0.29, 0.717) is 19.3 Å². The van der Waals surface area contributed by atoms with E-state index >= 15 is 0 Å².